The third-order valence-corrected chi connectivity index (χ3v) is 6.78. The van der Waals surface area contributed by atoms with Crippen molar-refractivity contribution in [2.45, 2.75) is 27.7 Å². The Bertz CT molecular complexity index is 1570. The minimum Gasteiger partial charge on any atom is -0.462 e. The maximum absolute atomic E-state index is 13.1. The van der Waals surface area contributed by atoms with Gasteiger partial charge in [-0.1, -0.05) is 35.9 Å². The fraction of sp³-hybridized carbons (Fsp3) is 0.185. The summed E-state index contributed by atoms with van der Waals surface area (Å²) in [6.45, 7) is 7.22. The van der Waals surface area contributed by atoms with Crippen LogP contribution in [-0.4, -0.2) is 24.4 Å². The topological polar surface area (TPSA) is 115 Å². The number of esters is 1. The molecular weight excluding hydrogens is 480 g/mol. The van der Waals surface area contributed by atoms with Crippen molar-refractivity contribution in [3.05, 3.63) is 91.6 Å². The molecule has 0 bridgehead atoms. The molecule has 0 radical (unpaired) electrons. The van der Waals surface area contributed by atoms with E-state index in [-0.39, 0.29) is 27.6 Å². The average molecular weight is 505 g/mol. The highest BCUT2D eigenvalue weighted by molar-refractivity contribution is 7.19. The highest BCUT2D eigenvalue weighted by Crippen LogP contribution is 2.35. The van der Waals surface area contributed by atoms with Crippen LogP contribution in [0.25, 0.3) is 11.0 Å². The van der Waals surface area contributed by atoms with Crippen LogP contribution in [0.3, 0.4) is 0 Å². The van der Waals surface area contributed by atoms with E-state index in [0.29, 0.717) is 22.2 Å². The number of hydrogen-bond donors (Lipinski definition) is 2. The van der Waals surface area contributed by atoms with E-state index in [4.69, 9.17) is 9.15 Å². The van der Waals surface area contributed by atoms with Crippen LogP contribution >= 0.6 is 11.3 Å². The van der Waals surface area contributed by atoms with Crippen LogP contribution in [0.1, 0.15) is 54.0 Å². The largest absolute Gasteiger partial charge is 0.462 e. The van der Waals surface area contributed by atoms with E-state index >= 15 is 0 Å². The van der Waals surface area contributed by atoms with Gasteiger partial charge in [0.1, 0.15) is 16.1 Å². The predicted molar refractivity (Wildman–Crippen MR) is 139 cm³/mol. The highest BCUT2D eigenvalue weighted by atomic mass is 32.1. The molecule has 2 N–H and O–H groups in total. The van der Waals surface area contributed by atoms with Crippen molar-refractivity contribution < 1.29 is 23.5 Å². The van der Waals surface area contributed by atoms with Crippen LogP contribution in [0.2, 0.25) is 0 Å². The van der Waals surface area contributed by atoms with Crippen molar-refractivity contribution in [1.82, 2.24) is 0 Å². The second kappa shape index (κ2) is 10.2. The summed E-state index contributed by atoms with van der Waals surface area (Å²) in [7, 11) is 0. The molecule has 2 heterocycles. The Morgan fingerprint density at radius 1 is 0.972 bits per heavy atom. The zero-order chi connectivity index (χ0) is 26.0. The van der Waals surface area contributed by atoms with Gasteiger partial charge in [0.15, 0.2) is 0 Å². The first-order valence-corrected chi connectivity index (χ1v) is 12.0. The molecule has 2 aromatic heterocycles. The van der Waals surface area contributed by atoms with Crippen LogP contribution in [0.15, 0.2) is 57.7 Å². The van der Waals surface area contributed by atoms with Crippen LogP contribution in [0.5, 0.6) is 0 Å². The van der Waals surface area contributed by atoms with Crippen molar-refractivity contribution in [3.8, 4) is 0 Å². The SMILES string of the molecule is CCOC(=O)c1c(NC(=O)c2cc3ccccc3oc2=O)sc(C(=O)Nc2ccc(C)cc2C)c1C. The van der Waals surface area contributed by atoms with Crippen molar-refractivity contribution >= 4 is 50.8 Å². The lowest BCUT2D eigenvalue weighted by molar-refractivity contribution is 0.0527. The first-order chi connectivity index (χ1) is 17.2. The highest BCUT2D eigenvalue weighted by Gasteiger charge is 2.28. The first kappa shape index (κ1) is 24.9. The van der Waals surface area contributed by atoms with E-state index in [2.05, 4.69) is 10.6 Å². The summed E-state index contributed by atoms with van der Waals surface area (Å²) >= 11 is 0.932. The van der Waals surface area contributed by atoms with E-state index in [9.17, 15) is 19.2 Å². The van der Waals surface area contributed by atoms with Crippen LogP contribution < -0.4 is 16.3 Å². The van der Waals surface area contributed by atoms with Gasteiger partial charge >= 0.3 is 11.6 Å². The molecule has 8 nitrogen and oxygen atoms in total. The minimum absolute atomic E-state index is 0.0613. The number of aryl methyl sites for hydroxylation is 2. The zero-order valence-corrected chi connectivity index (χ0v) is 21.0. The fourth-order valence-electron chi connectivity index (χ4n) is 3.79. The molecule has 2 amide bonds. The van der Waals surface area contributed by atoms with E-state index in [0.717, 1.165) is 22.5 Å². The van der Waals surface area contributed by atoms with Crippen molar-refractivity contribution in [2.24, 2.45) is 0 Å². The normalized spacial score (nSPS) is 10.8. The monoisotopic (exact) mass is 504 g/mol. The quantitative estimate of drug-likeness (QED) is 0.266. The van der Waals surface area contributed by atoms with E-state index in [1.807, 2.05) is 26.0 Å². The second-order valence-corrected chi connectivity index (χ2v) is 9.21. The molecule has 0 atom stereocenters. The molecule has 4 rings (SSSR count). The summed E-state index contributed by atoms with van der Waals surface area (Å²) in [6.07, 6.45) is 0. The summed E-state index contributed by atoms with van der Waals surface area (Å²) < 4.78 is 10.4. The van der Waals surface area contributed by atoms with Gasteiger partial charge in [-0.3, -0.25) is 9.59 Å². The number of rotatable bonds is 6. The van der Waals surface area contributed by atoms with Gasteiger partial charge in [0.05, 0.1) is 17.0 Å². The number of carbonyl (C=O) groups excluding carboxylic acids is 3. The summed E-state index contributed by atoms with van der Waals surface area (Å²) in [5.74, 6) is -1.87. The van der Waals surface area contributed by atoms with Gasteiger partial charge in [0.2, 0.25) is 0 Å². The molecule has 0 aliphatic rings. The molecule has 184 valence electrons. The van der Waals surface area contributed by atoms with Gasteiger partial charge in [0.25, 0.3) is 11.8 Å². The maximum atomic E-state index is 13.1. The summed E-state index contributed by atoms with van der Waals surface area (Å²) in [5.41, 5.74) is 2.32. The lowest BCUT2D eigenvalue weighted by Gasteiger charge is -2.09. The molecule has 9 heteroatoms. The summed E-state index contributed by atoms with van der Waals surface area (Å²) in [4.78, 5) is 51.6. The number of thiophene rings is 1. The van der Waals surface area contributed by atoms with E-state index < -0.39 is 23.4 Å². The van der Waals surface area contributed by atoms with Crippen LogP contribution in [0, 0.1) is 20.8 Å². The first-order valence-electron chi connectivity index (χ1n) is 11.2. The van der Waals surface area contributed by atoms with Gasteiger partial charge in [-0.05, 0) is 57.0 Å². The molecular formula is C27H24N2O6S. The number of amides is 2. The smallest absolute Gasteiger partial charge is 0.349 e. The molecule has 0 aliphatic heterocycles. The second-order valence-electron chi connectivity index (χ2n) is 8.19. The molecule has 0 unspecified atom stereocenters. The number of nitrogens with one attached hydrogen (secondary N) is 2. The zero-order valence-electron chi connectivity index (χ0n) is 20.2. The average Bonchev–Trinajstić information content (AvgIpc) is 3.16. The molecule has 0 fully saturated rings. The minimum atomic E-state index is -0.815. The Hall–Kier alpha value is -4.24. The van der Waals surface area contributed by atoms with Gasteiger partial charge < -0.3 is 19.8 Å². The van der Waals surface area contributed by atoms with Gasteiger partial charge in [0, 0.05) is 11.1 Å². The molecule has 0 aliphatic carbocycles. The van der Waals surface area contributed by atoms with Crippen molar-refractivity contribution in [2.75, 3.05) is 17.2 Å². The number of ether oxygens (including phenoxy) is 1. The third-order valence-electron chi connectivity index (χ3n) is 5.58. The van der Waals surface area contributed by atoms with E-state index in [1.54, 1.807) is 44.2 Å². The number of benzene rings is 2. The summed E-state index contributed by atoms with van der Waals surface area (Å²) in [6, 6.07) is 13.9. The molecule has 2 aromatic carbocycles. The van der Waals surface area contributed by atoms with E-state index in [1.165, 1.54) is 6.07 Å². The number of anilines is 2. The molecule has 0 spiro atoms. The van der Waals surface area contributed by atoms with Crippen molar-refractivity contribution in [3.63, 3.8) is 0 Å². The van der Waals surface area contributed by atoms with Crippen LogP contribution in [-0.2, 0) is 4.74 Å². The van der Waals surface area contributed by atoms with Crippen molar-refractivity contribution in [1.29, 1.82) is 0 Å². The lowest BCUT2D eigenvalue weighted by Crippen LogP contribution is -2.21. The van der Waals surface area contributed by atoms with Crippen LogP contribution in [0.4, 0.5) is 10.7 Å². The molecule has 0 saturated heterocycles. The maximum Gasteiger partial charge on any atom is 0.349 e. The Balaban J connectivity index is 1.70. The molecule has 0 saturated carbocycles. The molecule has 4 aromatic rings. The Kier molecular flexibility index (Phi) is 7.03. The number of fused-ring (bicyclic) bond motifs is 1. The Morgan fingerprint density at radius 3 is 2.44 bits per heavy atom. The lowest BCUT2D eigenvalue weighted by atomic mass is 10.1. The fourth-order valence-corrected chi connectivity index (χ4v) is 4.88. The van der Waals surface area contributed by atoms with Gasteiger partial charge in [-0.15, -0.1) is 11.3 Å². The van der Waals surface area contributed by atoms with Gasteiger partial charge in [-0.25, -0.2) is 9.59 Å². The number of hydrogen-bond acceptors (Lipinski definition) is 7. The third kappa shape index (κ3) is 4.92. The standard InChI is InChI=1S/C27H24N2O6S/c1-5-34-27(33)21-16(4)22(24(31)28-19-11-10-14(2)12-15(19)3)36-25(21)29-23(30)18-13-17-8-6-7-9-20(17)35-26(18)32/h6-13H,5H2,1-4H3,(H,28,31)(H,29,30). The summed E-state index contributed by atoms with van der Waals surface area (Å²) in [5, 5.41) is 6.15. The Labute approximate surface area is 210 Å². The predicted octanol–water partition coefficient (Wildman–Crippen LogP) is 5.46. The number of carbonyl (C=O) groups is 3. The Morgan fingerprint density at radius 2 is 1.72 bits per heavy atom. The van der Waals surface area contributed by atoms with Gasteiger partial charge in [-0.2, -0.15) is 0 Å². The number of para-hydroxylation sites is 1. The molecule has 36 heavy (non-hydrogen) atoms.